The summed E-state index contributed by atoms with van der Waals surface area (Å²) in [4.78, 5) is 29.5. The van der Waals surface area contributed by atoms with Gasteiger partial charge < -0.3 is 15.0 Å². The van der Waals surface area contributed by atoms with Gasteiger partial charge in [-0.15, -0.1) is 20.2 Å². The number of benzene rings is 2. The van der Waals surface area contributed by atoms with Gasteiger partial charge in [0.1, 0.15) is 12.7 Å². The average molecular weight is 407 g/mol. The van der Waals surface area contributed by atoms with Crippen LogP contribution in [-0.2, 0) is 15.4 Å². The standard InChI is InChI=1S/C18H21N3O6S/c1-13-6-5-9-17(14(13)2)19-18-8-4-3-7-15(18)11-28-12-16(27-21(24)25)10-26-20(22)23/h3-9,16,19H,10-12H2,1-2H3. The van der Waals surface area contributed by atoms with Crippen molar-refractivity contribution in [2.45, 2.75) is 25.7 Å². The number of nitrogens with zero attached hydrogens (tertiary/aromatic N) is 2. The molecule has 1 N–H and O–H groups in total. The van der Waals surface area contributed by atoms with Crippen LogP contribution >= 0.6 is 11.8 Å². The van der Waals surface area contributed by atoms with Gasteiger partial charge in [0, 0.05) is 22.9 Å². The number of anilines is 2. The number of rotatable bonds is 11. The van der Waals surface area contributed by atoms with Crippen LogP contribution in [0.25, 0.3) is 0 Å². The lowest BCUT2D eigenvalue weighted by atomic mass is 10.1. The highest BCUT2D eigenvalue weighted by atomic mass is 32.2. The summed E-state index contributed by atoms with van der Waals surface area (Å²) < 4.78 is 0. The van der Waals surface area contributed by atoms with Crippen molar-refractivity contribution in [2.75, 3.05) is 17.7 Å². The molecule has 0 aliphatic heterocycles. The summed E-state index contributed by atoms with van der Waals surface area (Å²) in [6, 6.07) is 13.8. The van der Waals surface area contributed by atoms with Crippen molar-refractivity contribution in [1.29, 1.82) is 0 Å². The van der Waals surface area contributed by atoms with Gasteiger partial charge in [-0.2, -0.15) is 11.8 Å². The van der Waals surface area contributed by atoms with Crippen molar-refractivity contribution in [1.82, 2.24) is 0 Å². The predicted octanol–water partition coefficient (Wildman–Crippen LogP) is 4.07. The van der Waals surface area contributed by atoms with Crippen LogP contribution in [0.2, 0.25) is 0 Å². The first-order valence-corrected chi connectivity index (χ1v) is 9.59. The molecule has 2 rings (SSSR count). The highest BCUT2D eigenvalue weighted by Crippen LogP contribution is 2.27. The molecule has 0 spiro atoms. The monoisotopic (exact) mass is 407 g/mol. The van der Waals surface area contributed by atoms with E-state index in [-0.39, 0.29) is 5.75 Å². The van der Waals surface area contributed by atoms with Gasteiger partial charge in [0.25, 0.3) is 10.2 Å². The Bertz CT molecular complexity index is 833. The second-order valence-electron chi connectivity index (χ2n) is 6.02. The van der Waals surface area contributed by atoms with E-state index < -0.39 is 22.9 Å². The minimum absolute atomic E-state index is 0.173. The summed E-state index contributed by atoms with van der Waals surface area (Å²) in [6.07, 6.45) is -1.02. The Morgan fingerprint density at radius 2 is 1.75 bits per heavy atom. The first-order chi connectivity index (χ1) is 13.4. The fourth-order valence-electron chi connectivity index (χ4n) is 2.47. The molecule has 1 unspecified atom stereocenters. The summed E-state index contributed by atoms with van der Waals surface area (Å²) >= 11 is 1.37. The third-order valence-electron chi connectivity index (χ3n) is 4.05. The second-order valence-corrected chi connectivity index (χ2v) is 7.05. The molecule has 0 amide bonds. The number of aryl methyl sites for hydroxylation is 1. The number of hydrogen-bond donors (Lipinski definition) is 1. The van der Waals surface area contributed by atoms with Gasteiger partial charge in [0.2, 0.25) is 0 Å². The van der Waals surface area contributed by atoms with Crippen LogP contribution in [0.4, 0.5) is 11.4 Å². The van der Waals surface area contributed by atoms with Crippen molar-refractivity contribution in [3.8, 4) is 0 Å². The van der Waals surface area contributed by atoms with E-state index in [0.717, 1.165) is 22.5 Å². The number of para-hydroxylation sites is 1. The normalized spacial score (nSPS) is 11.5. The lowest BCUT2D eigenvalue weighted by Crippen LogP contribution is -2.26. The van der Waals surface area contributed by atoms with E-state index in [1.165, 1.54) is 17.3 Å². The Morgan fingerprint density at radius 1 is 1.04 bits per heavy atom. The Hall–Kier alpha value is -3.01. The highest BCUT2D eigenvalue weighted by molar-refractivity contribution is 7.98. The van der Waals surface area contributed by atoms with Gasteiger partial charge in [-0.3, -0.25) is 0 Å². The summed E-state index contributed by atoms with van der Waals surface area (Å²) in [7, 11) is 0. The van der Waals surface area contributed by atoms with E-state index in [9.17, 15) is 20.2 Å². The zero-order chi connectivity index (χ0) is 20.5. The molecule has 0 saturated carbocycles. The highest BCUT2D eigenvalue weighted by Gasteiger charge is 2.16. The molecule has 0 saturated heterocycles. The van der Waals surface area contributed by atoms with Gasteiger partial charge in [-0.1, -0.05) is 30.3 Å². The minimum atomic E-state index is -1.02. The van der Waals surface area contributed by atoms with Crippen molar-refractivity contribution in [3.05, 3.63) is 79.4 Å². The molecule has 0 radical (unpaired) electrons. The van der Waals surface area contributed by atoms with Crippen molar-refractivity contribution >= 4 is 23.1 Å². The van der Waals surface area contributed by atoms with E-state index in [2.05, 4.69) is 15.0 Å². The van der Waals surface area contributed by atoms with Gasteiger partial charge in [-0.25, -0.2) is 0 Å². The molecule has 150 valence electrons. The van der Waals surface area contributed by atoms with Crippen LogP contribution in [0.5, 0.6) is 0 Å². The maximum Gasteiger partial charge on any atom is 0.294 e. The first-order valence-electron chi connectivity index (χ1n) is 8.44. The molecule has 9 nitrogen and oxygen atoms in total. The largest absolute Gasteiger partial charge is 0.355 e. The Kier molecular flexibility index (Phi) is 7.88. The van der Waals surface area contributed by atoms with Crippen molar-refractivity contribution in [3.63, 3.8) is 0 Å². The predicted molar refractivity (Wildman–Crippen MR) is 107 cm³/mol. The zero-order valence-electron chi connectivity index (χ0n) is 15.5. The Balaban J connectivity index is 2.01. The topological polar surface area (TPSA) is 117 Å². The summed E-state index contributed by atoms with van der Waals surface area (Å²) in [6.45, 7) is 3.60. The van der Waals surface area contributed by atoms with E-state index >= 15 is 0 Å². The lowest BCUT2D eigenvalue weighted by molar-refractivity contribution is -0.788. The van der Waals surface area contributed by atoms with Gasteiger partial charge in [0.15, 0.2) is 0 Å². The van der Waals surface area contributed by atoms with Crippen LogP contribution < -0.4 is 5.32 Å². The smallest absolute Gasteiger partial charge is 0.294 e. The third kappa shape index (κ3) is 6.62. The van der Waals surface area contributed by atoms with E-state index in [4.69, 9.17) is 0 Å². The quantitative estimate of drug-likeness (QED) is 0.438. The van der Waals surface area contributed by atoms with E-state index in [0.29, 0.717) is 5.75 Å². The molecule has 0 aromatic heterocycles. The summed E-state index contributed by atoms with van der Waals surface area (Å²) in [5.41, 5.74) is 5.27. The number of nitrogens with one attached hydrogen (secondary N) is 1. The molecule has 28 heavy (non-hydrogen) atoms. The molecular formula is C18H21N3O6S. The molecule has 2 aromatic rings. The van der Waals surface area contributed by atoms with Crippen LogP contribution in [0.3, 0.4) is 0 Å². The molecule has 0 bridgehead atoms. The maximum absolute atomic E-state index is 10.5. The molecule has 0 heterocycles. The lowest BCUT2D eigenvalue weighted by Gasteiger charge is -2.16. The maximum atomic E-state index is 10.5. The van der Waals surface area contributed by atoms with Crippen molar-refractivity contribution < 1.29 is 19.8 Å². The van der Waals surface area contributed by atoms with E-state index in [1.54, 1.807) is 0 Å². The fraction of sp³-hybridized carbons (Fsp3) is 0.333. The molecule has 0 fully saturated rings. The Labute approximate surface area is 166 Å². The molecule has 10 heteroatoms. The van der Waals surface area contributed by atoms with E-state index in [1.807, 2.05) is 56.3 Å². The van der Waals surface area contributed by atoms with Crippen LogP contribution in [-0.4, -0.2) is 28.6 Å². The van der Waals surface area contributed by atoms with Crippen LogP contribution in [0.15, 0.2) is 42.5 Å². The molecule has 0 aliphatic rings. The summed E-state index contributed by atoms with van der Waals surface area (Å²) in [5, 5.41) is 22.3. The summed E-state index contributed by atoms with van der Waals surface area (Å²) in [5.74, 6) is 0.719. The first kappa shape index (κ1) is 21.3. The second kappa shape index (κ2) is 10.4. The molecule has 1 atom stereocenters. The van der Waals surface area contributed by atoms with Gasteiger partial charge in [-0.05, 0) is 42.7 Å². The SMILES string of the molecule is Cc1cccc(Nc2ccccc2CSCC(CO[N+](=O)[O-])O[N+](=O)[O-])c1C. The average Bonchev–Trinajstić information content (AvgIpc) is 2.64. The minimum Gasteiger partial charge on any atom is -0.355 e. The number of thioether (sulfide) groups is 1. The molecule has 0 aliphatic carbocycles. The third-order valence-corrected chi connectivity index (χ3v) is 5.18. The fourth-order valence-corrected chi connectivity index (χ4v) is 3.48. The molecule has 2 aromatic carbocycles. The van der Waals surface area contributed by atoms with Gasteiger partial charge >= 0.3 is 0 Å². The van der Waals surface area contributed by atoms with Crippen LogP contribution in [0, 0.1) is 34.1 Å². The van der Waals surface area contributed by atoms with Crippen LogP contribution in [0.1, 0.15) is 16.7 Å². The Morgan fingerprint density at radius 3 is 2.46 bits per heavy atom. The zero-order valence-corrected chi connectivity index (χ0v) is 16.3. The number of hydrogen-bond acceptors (Lipinski definition) is 8. The van der Waals surface area contributed by atoms with Crippen molar-refractivity contribution in [2.24, 2.45) is 0 Å². The van der Waals surface area contributed by atoms with Gasteiger partial charge in [0.05, 0.1) is 0 Å². The molecular weight excluding hydrogens is 386 g/mol.